The Morgan fingerprint density at radius 1 is 1.59 bits per heavy atom. The molecule has 1 fully saturated rings. The van der Waals surface area contributed by atoms with E-state index in [1.807, 2.05) is 19.1 Å². The Morgan fingerprint density at radius 2 is 2.41 bits per heavy atom. The second-order valence-corrected chi connectivity index (χ2v) is 5.31. The van der Waals surface area contributed by atoms with E-state index >= 15 is 0 Å². The molecule has 1 aromatic carbocycles. The molecule has 0 aromatic heterocycles. The first kappa shape index (κ1) is 12.5. The molecule has 3 nitrogen and oxygen atoms in total. The molecule has 1 atom stereocenters. The molecule has 92 valence electrons. The molecule has 0 spiro atoms. The van der Waals surface area contributed by atoms with Crippen molar-refractivity contribution in [1.29, 1.82) is 0 Å². The molecular formula is C13H16O3S. The standard InChI is InChI=1S/C13H16O3S/c1-9-4-5-11(13(14)15)12(7-9)17-8-10-3-2-6-16-10/h4-5,7,10H,2-3,6,8H2,1H3,(H,14,15). The predicted molar refractivity (Wildman–Crippen MR) is 67.8 cm³/mol. The molecule has 1 saturated heterocycles. The van der Waals surface area contributed by atoms with E-state index in [9.17, 15) is 4.79 Å². The number of carbonyl (C=O) groups is 1. The molecule has 0 bridgehead atoms. The van der Waals surface area contributed by atoms with Gasteiger partial charge in [-0.05, 0) is 37.5 Å². The Bertz CT molecular complexity index is 411. The van der Waals surface area contributed by atoms with Crippen LogP contribution in [0.1, 0.15) is 28.8 Å². The van der Waals surface area contributed by atoms with Crippen molar-refractivity contribution < 1.29 is 14.6 Å². The van der Waals surface area contributed by atoms with Gasteiger partial charge in [0.15, 0.2) is 0 Å². The average Bonchev–Trinajstić information content (AvgIpc) is 2.78. The van der Waals surface area contributed by atoms with Crippen LogP contribution in [-0.4, -0.2) is 29.5 Å². The fourth-order valence-electron chi connectivity index (χ4n) is 1.88. The third kappa shape index (κ3) is 3.23. The van der Waals surface area contributed by atoms with E-state index < -0.39 is 5.97 Å². The highest BCUT2D eigenvalue weighted by Gasteiger charge is 2.17. The summed E-state index contributed by atoms with van der Waals surface area (Å²) in [6.07, 6.45) is 2.48. The SMILES string of the molecule is Cc1ccc(C(=O)O)c(SCC2CCCO2)c1. The first-order valence-electron chi connectivity index (χ1n) is 5.75. The fourth-order valence-corrected chi connectivity index (χ4v) is 3.09. The summed E-state index contributed by atoms with van der Waals surface area (Å²) in [7, 11) is 0. The molecule has 1 unspecified atom stereocenters. The molecule has 0 amide bonds. The van der Waals surface area contributed by atoms with E-state index in [0.717, 1.165) is 35.7 Å². The van der Waals surface area contributed by atoms with Gasteiger partial charge in [-0.15, -0.1) is 11.8 Å². The number of carboxylic acids is 1. The van der Waals surface area contributed by atoms with Gasteiger partial charge in [-0.2, -0.15) is 0 Å². The molecule has 2 rings (SSSR count). The van der Waals surface area contributed by atoms with Crippen LogP contribution in [-0.2, 0) is 4.74 Å². The van der Waals surface area contributed by atoms with Crippen molar-refractivity contribution in [3.05, 3.63) is 29.3 Å². The highest BCUT2D eigenvalue weighted by atomic mass is 32.2. The summed E-state index contributed by atoms with van der Waals surface area (Å²) in [6, 6.07) is 5.44. The molecule has 1 N–H and O–H groups in total. The first-order valence-corrected chi connectivity index (χ1v) is 6.74. The van der Waals surface area contributed by atoms with E-state index in [1.54, 1.807) is 17.8 Å². The van der Waals surface area contributed by atoms with Gasteiger partial charge in [0.05, 0.1) is 11.7 Å². The number of aromatic carboxylic acids is 1. The van der Waals surface area contributed by atoms with Crippen LogP contribution in [0.25, 0.3) is 0 Å². The number of hydrogen-bond donors (Lipinski definition) is 1. The second kappa shape index (κ2) is 5.56. The Morgan fingerprint density at radius 3 is 3.06 bits per heavy atom. The normalized spacial score (nSPS) is 19.5. The summed E-state index contributed by atoms with van der Waals surface area (Å²) in [6.45, 7) is 2.81. The van der Waals surface area contributed by atoms with Crippen molar-refractivity contribution in [1.82, 2.24) is 0 Å². The van der Waals surface area contributed by atoms with Crippen LogP contribution in [0.5, 0.6) is 0 Å². The topological polar surface area (TPSA) is 46.5 Å². The minimum atomic E-state index is -0.861. The van der Waals surface area contributed by atoms with Crippen molar-refractivity contribution in [2.24, 2.45) is 0 Å². The maximum atomic E-state index is 11.1. The first-order chi connectivity index (χ1) is 8.16. The number of benzene rings is 1. The molecule has 4 heteroatoms. The van der Waals surface area contributed by atoms with Crippen LogP contribution < -0.4 is 0 Å². The number of thioether (sulfide) groups is 1. The number of hydrogen-bond acceptors (Lipinski definition) is 3. The van der Waals surface area contributed by atoms with Gasteiger partial charge in [0.25, 0.3) is 0 Å². The smallest absolute Gasteiger partial charge is 0.336 e. The van der Waals surface area contributed by atoms with Crippen molar-refractivity contribution in [3.8, 4) is 0 Å². The summed E-state index contributed by atoms with van der Waals surface area (Å²) >= 11 is 1.58. The van der Waals surface area contributed by atoms with Crippen LogP contribution >= 0.6 is 11.8 Å². The van der Waals surface area contributed by atoms with Gasteiger partial charge in [0.2, 0.25) is 0 Å². The molecule has 1 heterocycles. The van der Waals surface area contributed by atoms with Gasteiger partial charge in [-0.25, -0.2) is 4.79 Å². The van der Waals surface area contributed by atoms with E-state index in [1.165, 1.54) is 0 Å². The lowest BCUT2D eigenvalue weighted by atomic mass is 10.1. The van der Waals surface area contributed by atoms with E-state index in [0.29, 0.717) is 5.56 Å². The van der Waals surface area contributed by atoms with Gasteiger partial charge in [0, 0.05) is 17.3 Å². The van der Waals surface area contributed by atoms with Crippen LogP contribution in [0, 0.1) is 6.92 Å². The second-order valence-electron chi connectivity index (χ2n) is 4.25. The number of aryl methyl sites for hydroxylation is 1. The average molecular weight is 252 g/mol. The number of rotatable bonds is 4. The van der Waals surface area contributed by atoms with Crippen molar-refractivity contribution in [3.63, 3.8) is 0 Å². The highest BCUT2D eigenvalue weighted by Crippen LogP contribution is 2.27. The van der Waals surface area contributed by atoms with Crippen molar-refractivity contribution in [2.75, 3.05) is 12.4 Å². The molecule has 0 aliphatic carbocycles. The maximum Gasteiger partial charge on any atom is 0.336 e. The molecule has 0 radical (unpaired) electrons. The zero-order chi connectivity index (χ0) is 12.3. The van der Waals surface area contributed by atoms with Gasteiger partial charge in [-0.1, -0.05) is 6.07 Å². The monoisotopic (exact) mass is 252 g/mol. The van der Waals surface area contributed by atoms with Crippen molar-refractivity contribution >= 4 is 17.7 Å². The number of carboxylic acid groups (broad SMARTS) is 1. The maximum absolute atomic E-state index is 11.1. The summed E-state index contributed by atoms with van der Waals surface area (Å²) in [5.74, 6) is -0.0242. The minimum absolute atomic E-state index is 0.280. The molecule has 0 saturated carbocycles. The van der Waals surface area contributed by atoms with Crippen molar-refractivity contribution in [2.45, 2.75) is 30.8 Å². The third-order valence-electron chi connectivity index (χ3n) is 2.82. The van der Waals surface area contributed by atoms with Gasteiger partial charge >= 0.3 is 5.97 Å². The van der Waals surface area contributed by atoms with E-state index in [4.69, 9.17) is 9.84 Å². The fraction of sp³-hybridized carbons (Fsp3) is 0.462. The molecule has 1 aromatic rings. The quantitative estimate of drug-likeness (QED) is 0.837. The molecular weight excluding hydrogens is 236 g/mol. The van der Waals surface area contributed by atoms with Gasteiger partial charge in [0.1, 0.15) is 0 Å². The largest absolute Gasteiger partial charge is 0.478 e. The molecule has 1 aliphatic rings. The van der Waals surface area contributed by atoms with Crippen LogP contribution in [0.2, 0.25) is 0 Å². The summed E-state index contributed by atoms with van der Waals surface area (Å²) in [4.78, 5) is 11.9. The summed E-state index contributed by atoms with van der Waals surface area (Å²) in [5, 5.41) is 9.10. The zero-order valence-corrected chi connectivity index (χ0v) is 10.6. The summed E-state index contributed by atoms with van der Waals surface area (Å²) < 4.78 is 5.54. The van der Waals surface area contributed by atoms with Gasteiger partial charge in [-0.3, -0.25) is 0 Å². The third-order valence-corrected chi connectivity index (χ3v) is 4.00. The highest BCUT2D eigenvalue weighted by molar-refractivity contribution is 7.99. The Labute approximate surface area is 105 Å². The molecule has 17 heavy (non-hydrogen) atoms. The Kier molecular flexibility index (Phi) is 4.07. The lowest BCUT2D eigenvalue weighted by Gasteiger charge is -2.11. The lowest BCUT2D eigenvalue weighted by molar-refractivity contribution is 0.0693. The van der Waals surface area contributed by atoms with Crippen LogP contribution in [0.4, 0.5) is 0 Å². The zero-order valence-electron chi connectivity index (χ0n) is 9.81. The van der Waals surface area contributed by atoms with Crippen LogP contribution in [0.15, 0.2) is 23.1 Å². The van der Waals surface area contributed by atoms with Crippen LogP contribution in [0.3, 0.4) is 0 Å². The van der Waals surface area contributed by atoms with Gasteiger partial charge < -0.3 is 9.84 Å². The Balaban J connectivity index is 2.07. The summed E-state index contributed by atoms with van der Waals surface area (Å²) in [5.41, 5.74) is 1.48. The number of ether oxygens (including phenoxy) is 1. The molecule has 1 aliphatic heterocycles. The Hall–Kier alpha value is -1.00. The minimum Gasteiger partial charge on any atom is -0.478 e. The van der Waals surface area contributed by atoms with E-state index in [2.05, 4.69) is 0 Å². The van der Waals surface area contributed by atoms with E-state index in [-0.39, 0.29) is 6.10 Å². The predicted octanol–water partition coefficient (Wildman–Crippen LogP) is 2.96. The lowest BCUT2D eigenvalue weighted by Crippen LogP contribution is -2.08.